The van der Waals surface area contributed by atoms with Gasteiger partial charge in [-0.15, -0.1) is 0 Å². The van der Waals surface area contributed by atoms with Crippen LogP contribution in [0.4, 0.5) is 0 Å². The molecule has 0 aromatic heterocycles. The van der Waals surface area contributed by atoms with Gasteiger partial charge in [0.25, 0.3) is 0 Å². The van der Waals surface area contributed by atoms with E-state index in [1.807, 2.05) is 0 Å². The summed E-state index contributed by atoms with van der Waals surface area (Å²) >= 11 is 0. The van der Waals surface area contributed by atoms with Crippen molar-refractivity contribution >= 4 is 9.17 Å². The van der Waals surface area contributed by atoms with Gasteiger partial charge in [0, 0.05) is 19.5 Å². The Morgan fingerprint density at radius 1 is 1.29 bits per heavy atom. The summed E-state index contributed by atoms with van der Waals surface area (Å²) in [6.07, 6.45) is 0. The van der Waals surface area contributed by atoms with Crippen molar-refractivity contribution < 1.29 is 95.5 Å². The molecular weight excluding hydrogens is 187 g/mol. The van der Waals surface area contributed by atoms with Crippen LogP contribution in [0.2, 0.25) is 0 Å². The molecule has 0 aliphatic heterocycles. The van der Waals surface area contributed by atoms with Crippen LogP contribution < -0.4 is 59.1 Å². The molecule has 0 aliphatic carbocycles. The van der Waals surface area contributed by atoms with E-state index in [1.165, 1.54) is 0 Å². The summed E-state index contributed by atoms with van der Waals surface area (Å²) in [4.78, 5) is 14.3. The van der Waals surface area contributed by atoms with E-state index in [0.29, 0.717) is 0 Å². The van der Waals surface area contributed by atoms with E-state index < -0.39 is 9.17 Å². The topological polar surface area (TPSA) is 57.5 Å². The first-order valence-electron chi connectivity index (χ1n) is 0.651. The molecule has 0 fully saturated rings. The van der Waals surface area contributed by atoms with Crippen molar-refractivity contribution in [2.24, 2.45) is 0 Å². The SMILES string of the molecule is O=[Si](O)O.[H-].[H-].[Na+].[Na+].[Zn]. The zero-order valence-corrected chi connectivity index (χ0v) is 12.5. The molecule has 0 bridgehead atoms. The van der Waals surface area contributed by atoms with Crippen LogP contribution in [0.1, 0.15) is 2.85 Å². The predicted molar refractivity (Wildman–Crippen MR) is 13.1 cm³/mol. The maximum Gasteiger partial charge on any atom is 1.00 e. The molecule has 0 amide bonds. The summed E-state index contributed by atoms with van der Waals surface area (Å²) in [6, 6.07) is 0. The molecule has 0 spiro atoms. The van der Waals surface area contributed by atoms with Crippen molar-refractivity contribution in [3.63, 3.8) is 0 Å². The molecule has 0 heterocycles. The van der Waals surface area contributed by atoms with Gasteiger partial charge in [-0.3, -0.25) is 4.46 Å². The van der Waals surface area contributed by atoms with Gasteiger partial charge in [-0.25, -0.2) is 0 Å². The monoisotopic (exact) mass is 190 g/mol. The Morgan fingerprint density at radius 2 is 1.29 bits per heavy atom. The molecule has 0 saturated heterocycles. The zero-order chi connectivity index (χ0) is 3.58. The second kappa shape index (κ2) is 15.7. The molecule has 0 aromatic rings. The summed E-state index contributed by atoms with van der Waals surface area (Å²) in [5.74, 6) is 0. The van der Waals surface area contributed by atoms with E-state index in [-0.39, 0.29) is 81.4 Å². The molecule has 0 rings (SSSR count). The van der Waals surface area contributed by atoms with Crippen LogP contribution in [-0.4, -0.2) is 18.8 Å². The van der Waals surface area contributed by atoms with E-state index in [1.54, 1.807) is 0 Å². The molecule has 0 aliphatic rings. The summed E-state index contributed by atoms with van der Waals surface area (Å²) < 4.78 is 8.74. The van der Waals surface area contributed by atoms with Gasteiger partial charge in [0.2, 0.25) is 0 Å². The fourth-order valence-corrected chi connectivity index (χ4v) is 0. The van der Waals surface area contributed by atoms with E-state index in [4.69, 9.17) is 14.1 Å². The first kappa shape index (κ1) is 22.8. The van der Waals surface area contributed by atoms with Crippen LogP contribution in [0.15, 0.2) is 0 Å². The fourth-order valence-electron chi connectivity index (χ4n) is 0. The summed E-state index contributed by atoms with van der Waals surface area (Å²) in [7, 11) is -3.13. The Bertz CT molecular complexity index is 42.8. The Balaban J connectivity index is -0.00000000450. The molecule has 0 atom stereocenters. The molecule has 7 heteroatoms. The zero-order valence-electron chi connectivity index (χ0n) is 6.51. The number of hydrogen-bond donors (Lipinski definition) is 2. The van der Waals surface area contributed by atoms with Crippen LogP contribution in [-0.2, 0) is 23.9 Å². The maximum atomic E-state index is 8.74. The molecule has 2 N–H and O–H groups in total. The Kier molecular flexibility index (Phi) is 51.3. The summed E-state index contributed by atoms with van der Waals surface area (Å²) in [5, 5.41) is 0. The van der Waals surface area contributed by atoms with E-state index in [9.17, 15) is 0 Å². The Morgan fingerprint density at radius 3 is 1.29 bits per heavy atom. The minimum absolute atomic E-state index is 0. The third-order valence-electron chi connectivity index (χ3n) is 0. The standard InChI is InChI=1S/2Na.H2O3Si.Zn.2H/c;;1-4(2)3;;;/h;;1-2H;;;/q2*+1;;;2*-1. The smallest absolute Gasteiger partial charge is 1.00 e. The van der Waals surface area contributed by atoms with Crippen LogP contribution >= 0.6 is 0 Å². The molecular formula is H4Na2O3SiZn. The molecule has 30 valence electrons. The molecule has 3 nitrogen and oxygen atoms in total. The summed E-state index contributed by atoms with van der Waals surface area (Å²) in [5.41, 5.74) is 0. The molecule has 0 saturated carbocycles. The van der Waals surface area contributed by atoms with E-state index >= 15 is 0 Å². The van der Waals surface area contributed by atoms with Crippen LogP contribution in [0.5, 0.6) is 0 Å². The van der Waals surface area contributed by atoms with E-state index in [0.717, 1.165) is 0 Å². The van der Waals surface area contributed by atoms with Crippen LogP contribution in [0, 0.1) is 0 Å². The Hall–Kier alpha value is 2.24. The average molecular weight is 191 g/mol. The third kappa shape index (κ3) is 63.9. The van der Waals surface area contributed by atoms with Crippen molar-refractivity contribution in [1.82, 2.24) is 0 Å². The van der Waals surface area contributed by atoms with Gasteiger partial charge in [-0.05, 0) is 0 Å². The second-order valence-corrected chi connectivity index (χ2v) is 0.848. The van der Waals surface area contributed by atoms with Gasteiger partial charge in [-0.2, -0.15) is 0 Å². The minimum Gasteiger partial charge on any atom is -1.00 e. The molecule has 0 radical (unpaired) electrons. The van der Waals surface area contributed by atoms with Crippen LogP contribution in [0.3, 0.4) is 0 Å². The van der Waals surface area contributed by atoms with E-state index in [2.05, 4.69) is 0 Å². The van der Waals surface area contributed by atoms with Crippen LogP contribution in [0.25, 0.3) is 0 Å². The second-order valence-electron chi connectivity index (χ2n) is 0.283. The van der Waals surface area contributed by atoms with Gasteiger partial charge in [0.15, 0.2) is 0 Å². The molecule has 0 unspecified atom stereocenters. The molecule has 7 heavy (non-hydrogen) atoms. The quantitative estimate of drug-likeness (QED) is 0.374. The predicted octanol–water partition coefficient (Wildman–Crippen LogP) is -7.38. The van der Waals surface area contributed by atoms with Crippen molar-refractivity contribution in [3.05, 3.63) is 0 Å². The first-order chi connectivity index (χ1) is 1.73. The molecule has 0 aromatic carbocycles. The third-order valence-corrected chi connectivity index (χ3v) is 0. The van der Waals surface area contributed by atoms with Gasteiger partial charge < -0.3 is 12.4 Å². The normalized spacial score (nSPS) is 3.43. The summed E-state index contributed by atoms with van der Waals surface area (Å²) in [6.45, 7) is 0. The number of rotatable bonds is 0. The first-order valence-corrected chi connectivity index (χ1v) is 1.95. The minimum atomic E-state index is -3.13. The number of hydrogen-bond acceptors (Lipinski definition) is 1. The van der Waals surface area contributed by atoms with Gasteiger partial charge in [-0.1, -0.05) is 0 Å². The van der Waals surface area contributed by atoms with Crippen molar-refractivity contribution in [1.29, 1.82) is 0 Å². The fraction of sp³-hybridized carbons (Fsp3) is 0. The largest absolute Gasteiger partial charge is 1.00 e. The maximum absolute atomic E-state index is 8.74. The van der Waals surface area contributed by atoms with Crippen molar-refractivity contribution in [2.45, 2.75) is 0 Å². The van der Waals surface area contributed by atoms with Gasteiger partial charge in [0.1, 0.15) is 0 Å². The van der Waals surface area contributed by atoms with Gasteiger partial charge >= 0.3 is 68.3 Å². The van der Waals surface area contributed by atoms with Gasteiger partial charge in [0.05, 0.1) is 0 Å². The average Bonchev–Trinajstić information content (AvgIpc) is 0.811. The van der Waals surface area contributed by atoms with Crippen molar-refractivity contribution in [2.75, 3.05) is 0 Å². The van der Waals surface area contributed by atoms with Crippen molar-refractivity contribution in [3.8, 4) is 0 Å². The Labute approximate surface area is 103 Å².